The van der Waals surface area contributed by atoms with Gasteiger partial charge in [-0.25, -0.2) is 13.8 Å². The second kappa shape index (κ2) is 4.53. The van der Waals surface area contributed by atoms with Crippen LogP contribution in [0.25, 0.3) is 0 Å². The van der Waals surface area contributed by atoms with Gasteiger partial charge in [0.15, 0.2) is 0 Å². The highest BCUT2D eigenvalue weighted by molar-refractivity contribution is 5.46. The van der Waals surface area contributed by atoms with E-state index >= 15 is 0 Å². The number of nitrogens with zero attached hydrogens (tertiary/aromatic N) is 2. The van der Waals surface area contributed by atoms with Crippen LogP contribution in [0.1, 0.15) is 23.2 Å². The minimum atomic E-state index is -4.96. The van der Waals surface area contributed by atoms with Crippen LogP contribution in [0.5, 0.6) is 0 Å². The van der Waals surface area contributed by atoms with Gasteiger partial charge in [0.25, 0.3) is 6.43 Å². The van der Waals surface area contributed by atoms with E-state index in [1.807, 2.05) is 0 Å². The lowest BCUT2D eigenvalue weighted by molar-refractivity contribution is -0.139. The van der Waals surface area contributed by atoms with Crippen LogP contribution in [0.4, 0.5) is 27.8 Å². The summed E-state index contributed by atoms with van der Waals surface area (Å²) in [6.07, 6.45) is -8.77. The Balaban J connectivity index is 3.44. The van der Waals surface area contributed by atoms with Gasteiger partial charge in [-0.3, -0.25) is 0 Å². The lowest BCUT2D eigenvalue weighted by Crippen LogP contribution is -2.14. The van der Waals surface area contributed by atoms with Gasteiger partial charge in [-0.05, 0) is 6.07 Å². The molecule has 17 heavy (non-hydrogen) atoms. The second-order valence-electron chi connectivity index (χ2n) is 3.10. The molecule has 0 aromatic carbocycles. The van der Waals surface area contributed by atoms with E-state index < -0.39 is 36.1 Å². The Labute approximate surface area is 92.7 Å². The smallest absolute Gasteiger partial charge is 0.383 e. The third kappa shape index (κ3) is 2.81. The van der Waals surface area contributed by atoms with E-state index in [0.29, 0.717) is 6.07 Å². The molecule has 0 amide bonds. The molecule has 0 fully saturated rings. The molecule has 1 rings (SSSR count). The molecule has 92 valence electrons. The first-order chi connectivity index (χ1) is 7.77. The Morgan fingerprint density at radius 1 is 1.41 bits per heavy atom. The number of nitrogen functional groups attached to an aromatic ring is 1. The Bertz CT molecular complexity index is 461. The topological polar surface area (TPSA) is 62.7 Å². The van der Waals surface area contributed by atoms with Crippen LogP contribution in [-0.2, 0) is 12.6 Å². The number of nitriles is 1. The summed E-state index contributed by atoms with van der Waals surface area (Å²) in [4.78, 5) is 3.01. The zero-order valence-corrected chi connectivity index (χ0v) is 8.22. The van der Waals surface area contributed by atoms with Crippen molar-refractivity contribution in [3.05, 3.63) is 22.9 Å². The quantitative estimate of drug-likeness (QED) is 0.822. The van der Waals surface area contributed by atoms with Gasteiger partial charge in [0.05, 0.1) is 18.1 Å². The fourth-order valence-electron chi connectivity index (χ4n) is 1.20. The second-order valence-corrected chi connectivity index (χ2v) is 3.10. The Morgan fingerprint density at radius 3 is 2.41 bits per heavy atom. The molecule has 1 aromatic rings. The molecule has 0 radical (unpaired) electrons. The van der Waals surface area contributed by atoms with E-state index in [9.17, 15) is 22.0 Å². The summed E-state index contributed by atoms with van der Waals surface area (Å²) in [5, 5.41) is 8.35. The normalized spacial score (nSPS) is 11.6. The average molecular weight is 251 g/mol. The summed E-state index contributed by atoms with van der Waals surface area (Å²) in [5.41, 5.74) is 1.99. The molecule has 0 aliphatic rings. The number of anilines is 1. The number of rotatable bonds is 2. The highest BCUT2D eigenvalue weighted by Crippen LogP contribution is 2.36. The van der Waals surface area contributed by atoms with Crippen LogP contribution in [0.2, 0.25) is 0 Å². The highest BCUT2D eigenvalue weighted by Gasteiger charge is 2.37. The van der Waals surface area contributed by atoms with Crippen molar-refractivity contribution in [1.29, 1.82) is 5.26 Å². The molecule has 1 heterocycles. The number of hydrogen-bond acceptors (Lipinski definition) is 3. The van der Waals surface area contributed by atoms with Gasteiger partial charge in [-0.2, -0.15) is 18.4 Å². The third-order valence-corrected chi connectivity index (χ3v) is 1.95. The summed E-state index contributed by atoms with van der Waals surface area (Å²) in [7, 11) is 0. The molecule has 8 heteroatoms. The van der Waals surface area contributed by atoms with E-state index in [2.05, 4.69) is 4.98 Å². The molecule has 0 aliphatic heterocycles. The largest absolute Gasteiger partial charge is 0.418 e. The van der Waals surface area contributed by atoms with Gasteiger partial charge >= 0.3 is 6.18 Å². The summed E-state index contributed by atoms with van der Waals surface area (Å²) in [5.74, 6) is -0.491. The Morgan fingerprint density at radius 2 is 2.00 bits per heavy atom. The van der Waals surface area contributed by atoms with Gasteiger partial charge < -0.3 is 5.73 Å². The van der Waals surface area contributed by atoms with Crippen molar-refractivity contribution in [2.75, 3.05) is 5.73 Å². The first-order valence-electron chi connectivity index (χ1n) is 4.29. The predicted molar refractivity (Wildman–Crippen MR) is 47.9 cm³/mol. The molecule has 2 N–H and O–H groups in total. The van der Waals surface area contributed by atoms with Gasteiger partial charge in [-0.1, -0.05) is 0 Å². The lowest BCUT2D eigenvalue weighted by Gasteiger charge is -2.13. The zero-order chi connectivity index (χ0) is 13.2. The fraction of sp³-hybridized carbons (Fsp3) is 0.333. The van der Waals surface area contributed by atoms with Crippen molar-refractivity contribution in [2.24, 2.45) is 0 Å². The van der Waals surface area contributed by atoms with Crippen LogP contribution in [-0.4, -0.2) is 4.98 Å². The molecule has 0 unspecified atom stereocenters. The van der Waals surface area contributed by atoms with Crippen LogP contribution in [0.3, 0.4) is 0 Å². The predicted octanol–water partition coefficient (Wildman–Crippen LogP) is 2.69. The number of hydrogen-bond donors (Lipinski definition) is 1. The van der Waals surface area contributed by atoms with Crippen molar-refractivity contribution in [3.63, 3.8) is 0 Å². The van der Waals surface area contributed by atoms with E-state index in [1.54, 1.807) is 6.07 Å². The third-order valence-electron chi connectivity index (χ3n) is 1.95. The minimum Gasteiger partial charge on any atom is -0.383 e. The fourth-order valence-corrected chi connectivity index (χ4v) is 1.20. The van der Waals surface area contributed by atoms with Crippen LogP contribution >= 0.6 is 0 Å². The van der Waals surface area contributed by atoms with Gasteiger partial charge in [-0.15, -0.1) is 0 Å². The lowest BCUT2D eigenvalue weighted by atomic mass is 10.1. The summed E-state index contributed by atoms with van der Waals surface area (Å²) < 4.78 is 62.1. The van der Waals surface area contributed by atoms with E-state index in [4.69, 9.17) is 11.0 Å². The van der Waals surface area contributed by atoms with E-state index in [-0.39, 0.29) is 5.56 Å². The number of pyridine rings is 1. The standard InChI is InChI=1S/C9H6F5N3/c10-7(11)6-5(9(12,13)14)3-4(1-2-15)8(16)17-6/h3,7H,1H2,(H2,16,17). The minimum absolute atomic E-state index is 0.218. The van der Waals surface area contributed by atoms with Gasteiger partial charge in [0.2, 0.25) is 0 Å². The molecule has 0 bridgehead atoms. The van der Waals surface area contributed by atoms with Gasteiger partial charge in [0, 0.05) is 5.56 Å². The number of nitrogens with two attached hydrogens (primary N) is 1. The molecule has 3 nitrogen and oxygen atoms in total. The van der Waals surface area contributed by atoms with Crippen molar-refractivity contribution in [1.82, 2.24) is 4.98 Å². The van der Waals surface area contributed by atoms with Crippen molar-refractivity contribution in [2.45, 2.75) is 19.0 Å². The maximum Gasteiger partial charge on any atom is 0.418 e. The molecule has 0 saturated carbocycles. The molecule has 0 atom stereocenters. The molecule has 0 saturated heterocycles. The van der Waals surface area contributed by atoms with Crippen LogP contribution in [0.15, 0.2) is 6.07 Å². The maximum atomic E-state index is 12.5. The summed E-state index contributed by atoms with van der Waals surface area (Å²) >= 11 is 0. The molecular weight excluding hydrogens is 245 g/mol. The SMILES string of the molecule is N#CCc1cc(C(F)(F)F)c(C(F)F)nc1N. The van der Waals surface area contributed by atoms with E-state index in [0.717, 1.165) is 0 Å². The number of aromatic nitrogens is 1. The summed E-state index contributed by atoms with van der Waals surface area (Å²) in [6, 6.07) is 2.01. The monoisotopic (exact) mass is 251 g/mol. The van der Waals surface area contributed by atoms with Crippen molar-refractivity contribution >= 4 is 5.82 Å². The molecule has 1 aromatic heterocycles. The number of alkyl halides is 5. The molecule has 0 aliphatic carbocycles. The Kier molecular flexibility index (Phi) is 3.50. The van der Waals surface area contributed by atoms with Crippen LogP contribution < -0.4 is 5.73 Å². The Hall–Kier alpha value is -1.91. The van der Waals surface area contributed by atoms with Crippen molar-refractivity contribution in [3.8, 4) is 6.07 Å². The van der Waals surface area contributed by atoms with Crippen molar-refractivity contribution < 1.29 is 22.0 Å². The van der Waals surface area contributed by atoms with Gasteiger partial charge in [0.1, 0.15) is 11.5 Å². The highest BCUT2D eigenvalue weighted by atomic mass is 19.4. The van der Waals surface area contributed by atoms with E-state index in [1.165, 1.54) is 0 Å². The van der Waals surface area contributed by atoms with Crippen LogP contribution in [0, 0.1) is 11.3 Å². The summed E-state index contributed by atoms with van der Waals surface area (Å²) in [6.45, 7) is 0. The molecule has 0 spiro atoms. The first kappa shape index (κ1) is 13.2. The maximum absolute atomic E-state index is 12.5. The molecular formula is C9H6F5N3. The number of halogens is 5. The first-order valence-corrected chi connectivity index (χ1v) is 4.29. The average Bonchev–Trinajstić information content (AvgIpc) is 2.18. The zero-order valence-electron chi connectivity index (χ0n) is 8.22.